The van der Waals surface area contributed by atoms with Crippen molar-refractivity contribution in [2.75, 3.05) is 25.0 Å². The number of carbonyl (C=O) groups excluding carboxylic acids is 2. The molecular formula is C47H54N2O5. The van der Waals surface area contributed by atoms with Crippen molar-refractivity contribution in [3.05, 3.63) is 114 Å². The molecule has 1 aliphatic heterocycles. The second kappa shape index (κ2) is 13.0. The Kier molecular flexibility index (Phi) is 8.60. The van der Waals surface area contributed by atoms with Gasteiger partial charge in [-0.25, -0.2) is 4.79 Å². The molecule has 3 aromatic rings. The van der Waals surface area contributed by atoms with Gasteiger partial charge < -0.3 is 25.2 Å². The van der Waals surface area contributed by atoms with Gasteiger partial charge in [0.05, 0.1) is 24.4 Å². The van der Waals surface area contributed by atoms with Gasteiger partial charge in [0.1, 0.15) is 0 Å². The van der Waals surface area contributed by atoms with Crippen LogP contribution in [0.3, 0.4) is 0 Å². The summed E-state index contributed by atoms with van der Waals surface area (Å²) in [6.07, 6.45) is 13.6. The Morgan fingerprint density at radius 1 is 0.833 bits per heavy atom. The molecule has 4 fully saturated rings. The number of amides is 2. The summed E-state index contributed by atoms with van der Waals surface area (Å²) >= 11 is 0. The van der Waals surface area contributed by atoms with Crippen LogP contribution < -0.4 is 5.32 Å². The first-order valence-electron chi connectivity index (χ1n) is 20.3. The van der Waals surface area contributed by atoms with E-state index < -0.39 is 27.9 Å². The fourth-order valence-corrected chi connectivity index (χ4v) is 12.6. The third-order valence-electron chi connectivity index (χ3n) is 15.4. The van der Waals surface area contributed by atoms with Gasteiger partial charge in [0.25, 0.3) is 0 Å². The van der Waals surface area contributed by atoms with Crippen LogP contribution in [-0.4, -0.2) is 64.4 Å². The Morgan fingerprint density at radius 2 is 1.52 bits per heavy atom. The van der Waals surface area contributed by atoms with E-state index in [1.54, 1.807) is 4.90 Å². The molecular weight excluding hydrogens is 673 g/mol. The number of urea groups is 1. The van der Waals surface area contributed by atoms with Crippen LogP contribution in [0.15, 0.2) is 109 Å². The van der Waals surface area contributed by atoms with Crippen molar-refractivity contribution in [2.24, 2.45) is 33.5 Å². The SMILES string of the molecule is C[C@]12CC[C@H]3[C@]4(C=C[C@@]5(C=C4C(=O)c4ccccc4-c4ccccc4)CC(O)CC[C@]35C)[C@@H]1CC[C@@]2(O)CN(C[C@H]1CCCO1)C(=O)Nc1ccccc1. The largest absolute Gasteiger partial charge is 0.393 e. The molecule has 6 aliphatic carbocycles. The average Bonchev–Trinajstić information content (AvgIpc) is 3.80. The zero-order chi connectivity index (χ0) is 37.3. The summed E-state index contributed by atoms with van der Waals surface area (Å²) in [5.74, 6) is 0.209. The lowest BCUT2D eigenvalue weighted by Gasteiger charge is -2.71. The molecule has 2 amide bonds. The Morgan fingerprint density at radius 3 is 2.28 bits per heavy atom. The number of ketones is 1. The molecule has 3 saturated carbocycles. The minimum absolute atomic E-state index is 0.0205. The molecule has 9 atom stereocenters. The molecule has 7 heteroatoms. The molecule has 1 unspecified atom stereocenters. The van der Waals surface area contributed by atoms with Crippen molar-refractivity contribution in [3.8, 4) is 11.1 Å². The van der Waals surface area contributed by atoms with Crippen LogP contribution >= 0.6 is 0 Å². The number of Topliss-reactive ketones (excluding diaryl/α,β-unsaturated/α-hetero) is 1. The molecule has 1 heterocycles. The topological polar surface area (TPSA) is 99.1 Å². The minimum Gasteiger partial charge on any atom is -0.393 e. The van der Waals surface area contributed by atoms with E-state index in [9.17, 15) is 15.0 Å². The van der Waals surface area contributed by atoms with Crippen molar-refractivity contribution < 1.29 is 24.5 Å². The van der Waals surface area contributed by atoms with Gasteiger partial charge in [-0.05, 0) is 98.3 Å². The van der Waals surface area contributed by atoms with Gasteiger partial charge >= 0.3 is 6.03 Å². The summed E-state index contributed by atoms with van der Waals surface area (Å²) in [4.78, 5) is 31.4. The molecule has 10 rings (SSSR count). The van der Waals surface area contributed by atoms with Crippen molar-refractivity contribution in [1.29, 1.82) is 0 Å². The molecule has 0 radical (unpaired) electrons. The van der Waals surface area contributed by atoms with Gasteiger partial charge in [-0.1, -0.05) is 105 Å². The average molecular weight is 727 g/mol. The maximum atomic E-state index is 15.5. The molecule has 7 nitrogen and oxygen atoms in total. The summed E-state index contributed by atoms with van der Waals surface area (Å²) < 4.78 is 6.04. The van der Waals surface area contributed by atoms with Crippen molar-refractivity contribution in [2.45, 2.75) is 89.4 Å². The third kappa shape index (κ3) is 5.25. The van der Waals surface area contributed by atoms with E-state index in [2.05, 4.69) is 49.5 Å². The van der Waals surface area contributed by atoms with Crippen molar-refractivity contribution >= 4 is 17.5 Å². The summed E-state index contributed by atoms with van der Waals surface area (Å²) in [5, 5.41) is 27.4. The Hall–Kier alpha value is -4.04. The normalized spacial score (nSPS) is 37.5. The highest BCUT2D eigenvalue weighted by Crippen LogP contribution is 2.78. The van der Waals surface area contributed by atoms with Gasteiger partial charge in [0, 0.05) is 46.2 Å². The van der Waals surface area contributed by atoms with Gasteiger partial charge in [-0.2, -0.15) is 0 Å². The number of ether oxygens (including phenoxy) is 1. The number of nitrogens with zero attached hydrogens (tertiary/aromatic N) is 1. The van der Waals surface area contributed by atoms with Gasteiger partial charge in [-0.15, -0.1) is 0 Å². The number of carbonyl (C=O) groups is 2. The predicted octanol–water partition coefficient (Wildman–Crippen LogP) is 8.84. The van der Waals surface area contributed by atoms with Gasteiger partial charge in [0.15, 0.2) is 5.78 Å². The van der Waals surface area contributed by atoms with E-state index in [1.165, 1.54) is 0 Å². The number of fused-ring (bicyclic) bond motifs is 1. The van der Waals surface area contributed by atoms with Crippen LogP contribution in [0, 0.1) is 33.5 Å². The van der Waals surface area contributed by atoms with Crippen LogP contribution in [0.2, 0.25) is 0 Å². The highest BCUT2D eigenvalue weighted by molar-refractivity contribution is 6.14. The van der Waals surface area contributed by atoms with Crippen LogP contribution in [0.25, 0.3) is 11.1 Å². The van der Waals surface area contributed by atoms with Gasteiger partial charge in [-0.3, -0.25) is 4.79 Å². The van der Waals surface area contributed by atoms with Crippen LogP contribution in [-0.2, 0) is 4.74 Å². The predicted molar refractivity (Wildman–Crippen MR) is 211 cm³/mol. The summed E-state index contributed by atoms with van der Waals surface area (Å²) in [6, 6.07) is 27.4. The van der Waals surface area contributed by atoms with E-state index in [0.717, 1.165) is 67.3 Å². The number of hydrogen-bond donors (Lipinski definition) is 3. The number of allylic oxidation sites excluding steroid dienone is 4. The molecule has 3 N–H and O–H groups in total. The number of rotatable bonds is 8. The maximum Gasteiger partial charge on any atom is 0.322 e. The maximum absolute atomic E-state index is 15.5. The van der Waals surface area contributed by atoms with Crippen molar-refractivity contribution in [1.82, 2.24) is 4.90 Å². The van der Waals surface area contributed by atoms with E-state index in [4.69, 9.17) is 4.74 Å². The Bertz CT molecular complexity index is 1990. The van der Waals surface area contributed by atoms with Gasteiger partial charge in [0.2, 0.25) is 0 Å². The Balaban J connectivity index is 1.12. The summed E-state index contributed by atoms with van der Waals surface area (Å²) in [6.45, 7) is 5.95. The number of hydrogen-bond acceptors (Lipinski definition) is 5. The number of nitrogens with one attached hydrogen (secondary N) is 1. The fraction of sp³-hybridized carbons (Fsp3) is 0.489. The minimum atomic E-state index is -1.18. The van der Waals surface area contributed by atoms with E-state index in [1.807, 2.05) is 72.8 Å². The summed E-state index contributed by atoms with van der Waals surface area (Å²) in [5.41, 5.74) is 1.28. The first kappa shape index (κ1) is 35.6. The van der Waals surface area contributed by atoms with Crippen LogP contribution in [0.5, 0.6) is 0 Å². The standard InChI is InChI=1S/C47H54N2O5/c1-43-22-19-34(50)28-45(43)25-26-47(38(29-45)41(51)37-18-10-9-17-36(37)32-12-5-3-6-13-32)39(43)20-23-44(2)40(47)21-24-46(44,53)31-49(30-35-16-11-27-54-35)42(52)48-33-14-7-4-8-15-33/h3-10,12-15,17-18,25-26,29,34-35,39-40,50,53H,11,16,19-24,27-28,30-31H2,1-2H3,(H,48,52)/t34?,35-,39-,40-,43-,44+,45+,46-,47-/m1/s1. The quantitative estimate of drug-likeness (QED) is 0.159. The second-order valence-corrected chi connectivity index (χ2v) is 17.9. The second-order valence-electron chi connectivity index (χ2n) is 17.9. The smallest absolute Gasteiger partial charge is 0.322 e. The number of aliphatic hydroxyl groups is 2. The lowest BCUT2D eigenvalue weighted by molar-refractivity contribution is -0.175. The molecule has 1 saturated heterocycles. The summed E-state index contributed by atoms with van der Waals surface area (Å²) in [7, 11) is 0. The zero-order valence-electron chi connectivity index (χ0n) is 31.7. The zero-order valence-corrected chi connectivity index (χ0v) is 31.7. The molecule has 7 aliphatic rings. The van der Waals surface area contributed by atoms with Crippen LogP contribution in [0.1, 0.15) is 82.0 Å². The third-order valence-corrected chi connectivity index (χ3v) is 15.4. The fourth-order valence-electron chi connectivity index (χ4n) is 12.6. The molecule has 0 aromatic heterocycles. The van der Waals surface area contributed by atoms with Crippen molar-refractivity contribution in [3.63, 3.8) is 0 Å². The molecule has 282 valence electrons. The number of benzene rings is 3. The molecule has 3 aromatic carbocycles. The first-order chi connectivity index (χ1) is 26.0. The number of para-hydroxylation sites is 1. The molecule has 2 bridgehead atoms. The van der Waals surface area contributed by atoms with Crippen LogP contribution in [0.4, 0.5) is 10.5 Å². The number of anilines is 1. The highest BCUT2D eigenvalue weighted by atomic mass is 16.5. The monoisotopic (exact) mass is 726 g/mol. The molecule has 54 heavy (non-hydrogen) atoms. The van der Waals surface area contributed by atoms with E-state index >= 15 is 4.79 Å². The first-order valence-corrected chi connectivity index (χ1v) is 20.3. The lowest BCUT2D eigenvalue weighted by Crippen LogP contribution is -2.67. The van der Waals surface area contributed by atoms with E-state index in [-0.39, 0.29) is 41.7 Å². The molecule has 2 spiro atoms. The Labute approximate surface area is 319 Å². The number of aliphatic hydroxyl groups excluding tert-OH is 1. The van der Waals surface area contributed by atoms with E-state index in [0.29, 0.717) is 31.6 Å². The lowest BCUT2D eigenvalue weighted by atomic mass is 9.32. The highest BCUT2D eigenvalue weighted by Gasteiger charge is 2.74.